The summed E-state index contributed by atoms with van der Waals surface area (Å²) in [5.74, 6) is 0. The van der Waals surface area contributed by atoms with E-state index in [2.05, 4.69) is 19.2 Å². The Morgan fingerprint density at radius 1 is 1.11 bits per heavy atom. The number of aliphatic hydroxyl groups is 3. The Morgan fingerprint density at radius 3 is 2.06 bits per heavy atom. The highest BCUT2D eigenvalue weighted by Crippen LogP contribution is 2.31. The van der Waals surface area contributed by atoms with Crippen LogP contribution in [0.25, 0.3) is 0 Å². The minimum Gasteiger partial charge on any atom is -0.395 e. The summed E-state index contributed by atoms with van der Waals surface area (Å²) in [5.41, 5.74) is -0.452. The van der Waals surface area contributed by atoms with Crippen LogP contribution in [0.2, 0.25) is 0 Å². The first kappa shape index (κ1) is 15.9. The van der Waals surface area contributed by atoms with Crippen LogP contribution >= 0.6 is 0 Å². The molecule has 1 saturated heterocycles. The van der Waals surface area contributed by atoms with E-state index in [-0.39, 0.29) is 30.3 Å². The Kier molecular flexibility index (Phi) is 5.14. The summed E-state index contributed by atoms with van der Waals surface area (Å²) in [6, 6.07) is -0.0458. The van der Waals surface area contributed by atoms with Crippen LogP contribution in [0.3, 0.4) is 0 Å². The molecule has 0 aliphatic carbocycles. The van der Waals surface area contributed by atoms with Crippen molar-refractivity contribution in [3.05, 3.63) is 0 Å². The van der Waals surface area contributed by atoms with Gasteiger partial charge in [-0.15, -0.1) is 0 Å². The van der Waals surface area contributed by atoms with Gasteiger partial charge in [-0.25, -0.2) is 0 Å². The monoisotopic (exact) mass is 260 g/mol. The van der Waals surface area contributed by atoms with Crippen molar-refractivity contribution in [1.29, 1.82) is 0 Å². The molecule has 1 rings (SSSR count). The van der Waals surface area contributed by atoms with Crippen LogP contribution in [0.1, 0.15) is 34.1 Å². The van der Waals surface area contributed by atoms with Gasteiger partial charge < -0.3 is 20.6 Å². The molecular formula is C13H28N2O3. The van der Waals surface area contributed by atoms with Crippen molar-refractivity contribution in [2.24, 2.45) is 0 Å². The zero-order valence-corrected chi connectivity index (χ0v) is 12.0. The van der Waals surface area contributed by atoms with E-state index in [0.717, 1.165) is 6.42 Å². The van der Waals surface area contributed by atoms with Crippen LogP contribution in [-0.2, 0) is 0 Å². The van der Waals surface area contributed by atoms with E-state index in [1.54, 1.807) is 0 Å². The maximum atomic E-state index is 10.5. The van der Waals surface area contributed by atoms with Crippen molar-refractivity contribution in [2.45, 2.75) is 57.3 Å². The standard InChI is InChI=1S/C13H28N2O3/c1-12(2)9-10(11(18)13(3,4)14-12)15(5-7-16)6-8-17/h10-11,14,16-18H,5-9H2,1-4H3. The molecule has 1 heterocycles. The zero-order valence-electron chi connectivity index (χ0n) is 12.0. The lowest BCUT2D eigenvalue weighted by molar-refractivity contribution is -0.0646. The van der Waals surface area contributed by atoms with Gasteiger partial charge in [0.1, 0.15) is 0 Å². The smallest absolute Gasteiger partial charge is 0.0871 e. The fraction of sp³-hybridized carbons (Fsp3) is 1.00. The Bertz CT molecular complexity index is 263. The molecule has 0 radical (unpaired) electrons. The number of nitrogens with one attached hydrogen (secondary N) is 1. The molecule has 0 amide bonds. The molecule has 2 atom stereocenters. The molecule has 4 N–H and O–H groups in total. The summed E-state index contributed by atoms with van der Waals surface area (Å²) in [6.45, 7) is 9.24. The van der Waals surface area contributed by atoms with Crippen LogP contribution in [0, 0.1) is 0 Å². The quantitative estimate of drug-likeness (QED) is 0.539. The number of nitrogens with zero attached hydrogens (tertiary/aromatic N) is 1. The van der Waals surface area contributed by atoms with Crippen molar-refractivity contribution in [3.8, 4) is 0 Å². The van der Waals surface area contributed by atoms with Gasteiger partial charge in [-0.2, -0.15) is 0 Å². The first-order valence-electron chi connectivity index (χ1n) is 6.67. The van der Waals surface area contributed by atoms with Gasteiger partial charge in [0, 0.05) is 30.2 Å². The summed E-state index contributed by atoms with van der Waals surface area (Å²) in [7, 11) is 0. The summed E-state index contributed by atoms with van der Waals surface area (Å²) in [4.78, 5) is 1.98. The highest BCUT2D eigenvalue weighted by Gasteiger charge is 2.46. The third-order valence-corrected chi connectivity index (χ3v) is 3.73. The van der Waals surface area contributed by atoms with Gasteiger partial charge in [0.15, 0.2) is 0 Å². The normalized spacial score (nSPS) is 30.7. The van der Waals surface area contributed by atoms with E-state index in [4.69, 9.17) is 10.2 Å². The molecule has 108 valence electrons. The van der Waals surface area contributed by atoms with E-state index in [0.29, 0.717) is 13.1 Å². The van der Waals surface area contributed by atoms with Crippen molar-refractivity contribution in [2.75, 3.05) is 26.3 Å². The molecule has 0 spiro atoms. The Balaban J connectivity index is 2.89. The minimum absolute atomic E-state index is 0.0392. The van der Waals surface area contributed by atoms with E-state index in [9.17, 15) is 5.11 Å². The van der Waals surface area contributed by atoms with Gasteiger partial charge in [-0.1, -0.05) is 0 Å². The second-order valence-electron chi connectivity index (χ2n) is 6.43. The van der Waals surface area contributed by atoms with E-state index in [1.165, 1.54) is 0 Å². The van der Waals surface area contributed by atoms with Crippen LogP contribution in [0.15, 0.2) is 0 Å². The first-order valence-corrected chi connectivity index (χ1v) is 6.67. The average molecular weight is 260 g/mol. The molecule has 0 saturated carbocycles. The summed E-state index contributed by atoms with van der Waals surface area (Å²) in [6.07, 6.45) is 0.265. The molecule has 0 aromatic rings. The summed E-state index contributed by atoms with van der Waals surface area (Å²) in [5, 5.41) is 32.2. The molecule has 0 aromatic heterocycles. The second-order valence-corrected chi connectivity index (χ2v) is 6.43. The van der Waals surface area contributed by atoms with Crippen molar-refractivity contribution in [3.63, 3.8) is 0 Å². The zero-order chi connectivity index (χ0) is 14.0. The van der Waals surface area contributed by atoms with Crippen LogP contribution < -0.4 is 5.32 Å². The van der Waals surface area contributed by atoms with Crippen LogP contribution in [0.5, 0.6) is 0 Å². The molecule has 1 aliphatic rings. The van der Waals surface area contributed by atoms with E-state index < -0.39 is 6.10 Å². The SMILES string of the molecule is CC1(C)CC(N(CCO)CCO)C(O)C(C)(C)N1. The average Bonchev–Trinajstić information content (AvgIpc) is 2.22. The Labute approximate surface area is 110 Å². The van der Waals surface area contributed by atoms with Crippen molar-refractivity contribution >= 4 is 0 Å². The number of hydrogen-bond acceptors (Lipinski definition) is 5. The van der Waals surface area contributed by atoms with Gasteiger partial charge in [0.25, 0.3) is 0 Å². The van der Waals surface area contributed by atoms with E-state index in [1.807, 2.05) is 18.7 Å². The number of piperidine rings is 1. The third kappa shape index (κ3) is 3.65. The van der Waals surface area contributed by atoms with Gasteiger partial charge >= 0.3 is 0 Å². The lowest BCUT2D eigenvalue weighted by Crippen LogP contribution is -2.70. The molecule has 18 heavy (non-hydrogen) atoms. The lowest BCUT2D eigenvalue weighted by atomic mass is 9.76. The summed E-state index contributed by atoms with van der Waals surface area (Å²) >= 11 is 0. The molecule has 0 bridgehead atoms. The third-order valence-electron chi connectivity index (χ3n) is 3.73. The number of hydrogen-bond donors (Lipinski definition) is 4. The van der Waals surface area contributed by atoms with Crippen LogP contribution in [-0.4, -0.2) is 69.7 Å². The molecule has 0 aromatic carbocycles. The second kappa shape index (κ2) is 5.84. The van der Waals surface area contributed by atoms with Gasteiger partial charge in [-0.05, 0) is 34.1 Å². The highest BCUT2D eigenvalue weighted by atomic mass is 16.3. The van der Waals surface area contributed by atoms with Crippen molar-refractivity contribution in [1.82, 2.24) is 10.2 Å². The first-order chi connectivity index (χ1) is 8.23. The fourth-order valence-electron chi connectivity index (χ4n) is 3.14. The largest absolute Gasteiger partial charge is 0.395 e. The van der Waals surface area contributed by atoms with Crippen LogP contribution in [0.4, 0.5) is 0 Å². The number of aliphatic hydroxyl groups excluding tert-OH is 3. The maximum Gasteiger partial charge on any atom is 0.0871 e. The molecule has 2 unspecified atom stereocenters. The molecule has 1 fully saturated rings. The molecule has 1 aliphatic heterocycles. The predicted molar refractivity (Wildman–Crippen MR) is 71.5 cm³/mol. The van der Waals surface area contributed by atoms with Gasteiger partial charge in [-0.3, -0.25) is 4.90 Å². The van der Waals surface area contributed by atoms with Gasteiger partial charge in [0.05, 0.1) is 19.3 Å². The maximum absolute atomic E-state index is 10.5. The molecule has 5 heteroatoms. The number of rotatable bonds is 5. The predicted octanol–water partition coefficient (Wildman–Crippen LogP) is -0.447. The fourth-order valence-corrected chi connectivity index (χ4v) is 3.14. The highest BCUT2D eigenvalue weighted by molar-refractivity contribution is 5.06. The molecule has 5 nitrogen and oxygen atoms in total. The molecular weight excluding hydrogens is 232 g/mol. The Morgan fingerprint density at radius 2 is 1.61 bits per heavy atom. The Hall–Kier alpha value is -0.200. The van der Waals surface area contributed by atoms with Gasteiger partial charge in [0.2, 0.25) is 0 Å². The lowest BCUT2D eigenvalue weighted by Gasteiger charge is -2.52. The van der Waals surface area contributed by atoms with Crippen molar-refractivity contribution < 1.29 is 15.3 Å². The minimum atomic E-state index is -0.524. The van der Waals surface area contributed by atoms with E-state index >= 15 is 0 Å². The topological polar surface area (TPSA) is 76.0 Å². The summed E-state index contributed by atoms with van der Waals surface area (Å²) < 4.78 is 0.